The summed E-state index contributed by atoms with van der Waals surface area (Å²) in [7, 11) is 1.55. The lowest BCUT2D eigenvalue weighted by atomic mass is 9.53. The first-order valence-corrected chi connectivity index (χ1v) is 7.48. The van der Waals surface area contributed by atoms with E-state index in [0.717, 1.165) is 17.8 Å². The minimum atomic E-state index is 0.0429. The summed E-state index contributed by atoms with van der Waals surface area (Å²) in [5.41, 5.74) is 6.64. The molecule has 1 aromatic heterocycles. The highest BCUT2D eigenvalue weighted by atomic mass is 16.5. The second-order valence-electron chi connectivity index (χ2n) is 6.94. The molecule has 4 bridgehead atoms. The van der Waals surface area contributed by atoms with Crippen molar-refractivity contribution in [3.05, 3.63) is 5.56 Å². The van der Waals surface area contributed by atoms with Crippen LogP contribution < -0.4 is 10.5 Å². The zero-order valence-corrected chi connectivity index (χ0v) is 11.8. The number of aromatic nitrogens is 2. The summed E-state index contributed by atoms with van der Waals surface area (Å²) >= 11 is 0. The molecule has 20 heavy (non-hydrogen) atoms. The number of hydrogen-bond donors (Lipinski definition) is 1. The van der Waals surface area contributed by atoms with Crippen LogP contribution in [0.25, 0.3) is 0 Å². The number of nitriles is 1. The van der Waals surface area contributed by atoms with Crippen molar-refractivity contribution in [2.24, 2.45) is 17.8 Å². The Bertz CT molecular complexity index is 562. The van der Waals surface area contributed by atoms with Gasteiger partial charge in [0.15, 0.2) is 5.56 Å². The lowest BCUT2D eigenvalue weighted by Gasteiger charge is -2.56. The molecule has 5 nitrogen and oxygen atoms in total. The molecule has 106 valence electrons. The maximum absolute atomic E-state index is 9.26. The molecule has 0 amide bonds. The first kappa shape index (κ1) is 12.1. The average molecular weight is 272 g/mol. The zero-order chi connectivity index (χ0) is 13.9. The van der Waals surface area contributed by atoms with Gasteiger partial charge in [-0.15, -0.1) is 5.10 Å². The summed E-state index contributed by atoms with van der Waals surface area (Å²) in [6.45, 7) is 0. The SMILES string of the molecule is COc1nn(C23CC4CC(CC(C4)C2)C3)c(N)c1C#N. The van der Waals surface area contributed by atoms with E-state index in [2.05, 4.69) is 11.2 Å². The van der Waals surface area contributed by atoms with Crippen LogP contribution in [0.5, 0.6) is 5.88 Å². The molecule has 1 heterocycles. The van der Waals surface area contributed by atoms with Gasteiger partial charge < -0.3 is 10.5 Å². The topological polar surface area (TPSA) is 76.9 Å². The van der Waals surface area contributed by atoms with Gasteiger partial charge in [0.1, 0.15) is 11.9 Å². The van der Waals surface area contributed by atoms with Crippen LogP contribution in [0.15, 0.2) is 0 Å². The Balaban J connectivity index is 1.81. The maximum atomic E-state index is 9.26. The molecule has 0 radical (unpaired) electrons. The van der Waals surface area contributed by atoms with Crippen LogP contribution in [0.2, 0.25) is 0 Å². The highest BCUT2D eigenvalue weighted by molar-refractivity contribution is 5.55. The molecule has 1 aromatic rings. The molecule has 0 saturated heterocycles. The number of nitrogens with zero attached hydrogens (tertiary/aromatic N) is 3. The minimum Gasteiger partial charge on any atom is -0.479 e. The fourth-order valence-corrected chi connectivity index (χ4v) is 5.34. The van der Waals surface area contributed by atoms with Gasteiger partial charge >= 0.3 is 0 Å². The molecule has 4 aliphatic rings. The van der Waals surface area contributed by atoms with E-state index >= 15 is 0 Å². The van der Waals surface area contributed by atoms with Crippen molar-refractivity contribution >= 4 is 5.82 Å². The van der Waals surface area contributed by atoms with E-state index in [4.69, 9.17) is 10.5 Å². The van der Waals surface area contributed by atoms with E-state index in [-0.39, 0.29) is 5.54 Å². The molecule has 4 saturated carbocycles. The van der Waals surface area contributed by atoms with Gasteiger partial charge in [0.25, 0.3) is 5.88 Å². The molecular weight excluding hydrogens is 252 g/mol. The standard InChI is InChI=1S/C15H20N4O/c1-20-14-12(8-16)13(17)19(18-14)15-5-9-2-10(6-15)4-11(3-9)7-15/h9-11H,2-7,17H2,1H3. The van der Waals surface area contributed by atoms with Crippen molar-refractivity contribution in [2.75, 3.05) is 12.8 Å². The summed E-state index contributed by atoms with van der Waals surface area (Å²) < 4.78 is 7.17. The Labute approximate surface area is 118 Å². The quantitative estimate of drug-likeness (QED) is 0.896. The van der Waals surface area contributed by atoms with E-state index in [1.807, 2.05) is 4.68 Å². The van der Waals surface area contributed by atoms with E-state index < -0.39 is 0 Å². The summed E-state index contributed by atoms with van der Waals surface area (Å²) in [6.07, 6.45) is 7.63. The largest absolute Gasteiger partial charge is 0.479 e. The van der Waals surface area contributed by atoms with Crippen LogP contribution in [-0.4, -0.2) is 16.9 Å². The van der Waals surface area contributed by atoms with Crippen LogP contribution in [0.1, 0.15) is 44.1 Å². The van der Waals surface area contributed by atoms with E-state index in [0.29, 0.717) is 17.3 Å². The second-order valence-corrected chi connectivity index (χ2v) is 6.94. The number of methoxy groups -OCH3 is 1. The number of hydrogen-bond acceptors (Lipinski definition) is 4. The van der Waals surface area contributed by atoms with Crippen LogP contribution in [0.4, 0.5) is 5.82 Å². The van der Waals surface area contributed by atoms with Gasteiger partial charge in [0, 0.05) is 0 Å². The fraction of sp³-hybridized carbons (Fsp3) is 0.733. The highest BCUT2D eigenvalue weighted by Gasteiger charge is 2.53. The number of nitrogens with two attached hydrogens (primary N) is 1. The van der Waals surface area contributed by atoms with Crippen molar-refractivity contribution in [3.8, 4) is 11.9 Å². The summed E-state index contributed by atoms with van der Waals surface area (Å²) in [4.78, 5) is 0. The van der Waals surface area contributed by atoms with Crippen LogP contribution in [0.3, 0.4) is 0 Å². The Morgan fingerprint density at radius 1 is 1.25 bits per heavy atom. The third-order valence-corrected chi connectivity index (χ3v) is 5.65. The van der Waals surface area contributed by atoms with Crippen molar-refractivity contribution < 1.29 is 4.74 Å². The minimum absolute atomic E-state index is 0.0429. The van der Waals surface area contributed by atoms with Gasteiger partial charge in [0.05, 0.1) is 12.6 Å². The monoisotopic (exact) mass is 272 g/mol. The third kappa shape index (κ3) is 1.45. The zero-order valence-electron chi connectivity index (χ0n) is 11.8. The normalized spacial score (nSPS) is 37.9. The summed E-state index contributed by atoms with van der Waals surface area (Å²) in [6, 6.07) is 2.13. The summed E-state index contributed by atoms with van der Waals surface area (Å²) in [5.74, 6) is 3.33. The molecule has 0 unspecified atom stereocenters. The molecule has 0 aromatic carbocycles. The van der Waals surface area contributed by atoms with Gasteiger partial charge in [-0.3, -0.25) is 0 Å². The number of nitrogen functional groups attached to an aromatic ring is 1. The van der Waals surface area contributed by atoms with Crippen molar-refractivity contribution in [1.29, 1.82) is 5.26 Å². The van der Waals surface area contributed by atoms with E-state index in [1.165, 1.54) is 38.5 Å². The highest BCUT2D eigenvalue weighted by Crippen LogP contribution is 2.59. The molecular formula is C15H20N4O. The van der Waals surface area contributed by atoms with Crippen LogP contribution >= 0.6 is 0 Å². The van der Waals surface area contributed by atoms with Gasteiger partial charge in [-0.1, -0.05) is 0 Å². The fourth-order valence-electron chi connectivity index (χ4n) is 5.34. The molecule has 5 rings (SSSR count). The predicted octanol–water partition coefficient (Wildman–Crippen LogP) is 2.27. The predicted molar refractivity (Wildman–Crippen MR) is 74.1 cm³/mol. The lowest BCUT2D eigenvalue weighted by Crippen LogP contribution is -2.52. The number of anilines is 1. The molecule has 4 aliphatic carbocycles. The Hall–Kier alpha value is -1.70. The lowest BCUT2D eigenvalue weighted by molar-refractivity contribution is -0.0485. The molecule has 0 aliphatic heterocycles. The van der Waals surface area contributed by atoms with Gasteiger partial charge in [-0.2, -0.15) is 5.26 Å². The molecule has 2 N–H and O–H groups in total. The number of ether oxygens (including phenoxy) is 1. The Kier molecular flexibility index (Phi) is 2.36. The first-order chi connectivity index (χ1) is 9.65. The van der Waals surface area contributed by atoms with Gasteiger partial charge in [-0.25, -0.2) is 4.68 Å². The average Bonchev–Trinajstić information content (AvgIpc) is 2.74. The van der Waals surface area contributed by atoms with Gasteiger partial charge in [-0.05, 0) is 56.3 Å². The maximum Gasteiger partial charge on any atom is 0.252 e. The molecule has 0 spiro atoms. The summed E-state index contributed by atoms with van der Waals surface area (Å²) in [5, 5.41) is 13.8. The van der Waals surface area contributed by atoms with Crippen LogP contribution in [0, 0.1) is 29.1 Å². The molecule has 5 heteroatoms. The molecule has 0 atom stereocenters. The Morgan fingerprint density at radius 2 is 1.80 bits per heavy atom. The van der Waals surface area contributed by atoms with Crippen molar-refractivity contribution in [2.45, 2.75) is 44.1 Å². The number of rotatable bonds is 2. The van der Waals surface area contributed by atoms with Crippen molar-refractivity contribution in [3.63, 3.8) is 0 Å². The Morgan fingerprint density at radius 3 is 2.20 bits per heavy atom. The third-order valence-electron chi connectivity index (χ3n) is 5.65. The second kappa shape index (κ2) is 3.91. The smallest absolute Gasteiger partial charge is 0.252 e. The molecule has 4 fully saturated rings. The van der Waals surface area contributed by atoms with Crippen LogP contribution in [-0.2, 0) is 5.54 Å². The van der Waals surface area contributed by atoms with Crippen molar-refractivity contribution in [1.82, 2.24) is 9.78 Å². The van der Waals surface area contributed by atoms with Gasteiger partial charge in [0.2, 0.25) is 0 Å². The first-order valence-electron chi connectivity index (χ1n) is 7.48. The van der Waals surface area contributed by atoms with E-state index in [1.54, 1.807) is 7.11 Å². The van der Waals surface area contributed by atoms with E-state index in [9.17, 15) is 5.26 Å².